The first-order chi connectivity index (χ1) is 20.7. The van der Waals surface area contributed by atoms with Crippen LogP contribution in [0.3, 0.4) is 0 Å². The second-order valence-corrected chi connectivity index (χ2v) is 12.3. The second kappa shape index (κ2) is 16.6. The highest BCUT2D eigenvalue weighted by Gasteiger charge is 2.30. The Bertz CT molecular complexity index is 1410. The maximum absolute atomic E-state index is 13.9. The molecule has 0 aliphatic heterocycles. The molecule has 0 heterocycles. The van der Waals surface area contributed by atoms with Gasteiger partial charge in [0.2, 0.25) is 21.8 Å². The van der Waals surface area contributed by atoms with E-state index in [9.17, 15) is 18.0 Å². The second-order valence-electron chi connectivity index (χ2n) is 10.4. The highest BCUT2D eigenvalue weighted by atomic mass is 32.2. The highest BCUT2D eigenvalue weighted by molar-refractivity contribution is 7.92. The smallest absolute Gasteiger partial charge is 0.243 e. The molecule has 2 amide bonds. The molecule has 0 aliphatic rings. The molecule has 0 aromatic heterocycles. The van der Waals surface area contributed by atoms with E-state index in [0.29, 0.717) is 30.2 Å². The van der Waals surface area contributed by atoms with E-state index in [1.807, 2.05) is 54.6 Å². The van der Waals surface area contributed by atoms with Crippen LogP contribution in [0.5, 0.6) is 11.5 Å². The van der Waals surface area contributed by atoms with Crippen LogP contribution in [-0.4, -0.2) is 64.7 Å². The average molecular weight is 610 g/mol. The third kappa shape index (κ3) is 10.3. The number of benzene rings is 3. The number of anilines is 1. The molecule has 0 spiro atoms. The maximum atomic E-state index is 13.9. The molecule has 232 valence electrons. The van der Waals surface area contributed by atoms with Crippen LogP contribution < -0.4 is 19.1 Å². The minimum Gasteiger partial charge on any atom is -0.497 e. The fraction of sp³-hybridized carbons (Fsp3) is 0.394. The lowest BCUT2D eigenvalue weighted by Crippen LogP contribution is -2.50. The number of methoxy groups -OCH3 is 2. The molecule has 10 heteroatoms. The summed E-state index contributed by atoms with van der Waals surface area (Å²) in [5.74, 6) is 0.810. The summed E-state index contributed by atoms with van der Waals surface area (Å²) in [5.41, 5.74) is 2.24. The summed E-state index contributed by atoms with van der Waals surface area (Å²) in [6.07, 6.45) is 3.57. The van der Waals surface area contributed by atoms with Crippen molar-refractivity contribution in [2.75, 3.05) is 37.9 Å². The van der Waals surface area contributed by atoms with Gasteiger partial charge in [0.15, 0.2) is 0 Å². The van der Waals surface area contributed by atoms with Gasteiger partial charge in [0.25, 0.3) is 0 Å². The molecule has 0 bridgehead atoms. The zero-order valence-corrected chi connectivity index (χ0v) is 26.3. The van der Waals surface area contributed by atoms with Crippen molar-refractivity contribution in [2.24, 2.45) is 0 Å². The molecule has 3 aromatic carbocycles. The van der Waals surface area contributed by atoms with Crippen LogP contribution in [0.25, 0.3) is 0 Å². The average Bonchev–Trinajstić information content (AvgIpc) is 3.01. The molecule has 0 saturated heterocycles. The normalized spacial score (nSPS) is 11.8. The first-order valence-corrected chi connectivity index (χ1v) is 16.4. The fourth-order valence-electron chi connectivity index (χ4n) is 4.78. The molecule has 3 rings (SSSR count). The van der Waals surface area contributed by atoms with Gasteiger partial charge in [-0.3, -0.25) is 13.9 Å². The molecular formula is C33H43N3O6S. The topological polar surface area (TPSA) is 105 Å². The van der Waals surface area contributed by atoms with Crippen LogP contribution in [0.15, 0.2) is 78.9 Å². The first kappa shape index (κ1) is 33.5. The van der Waals surface area contributed by atoms with Crippen molar-refractivity contribution in [3.05, 3.63) is 90.0 Å². The summed E-state index contributed by atoms with van der Waals surface area (Å²) in [6, 6.07) is 23.0. The number of hydrogen-bond donors (Lipinski definition) is 1. The van der Waals surface area contributed by atoms with Gasteiger partial charge < -0.3 is 19.7 Å². The first-order valence-electron chi connectivity index (χ1n) is 14.5. The predicted molar refractivity (Wildman–Crippen MR) is 170 cm³/mol. The van der Waals surface area contributed by atoms with Gasteiger partial charge in [-0.25, -0.2) is 8.42 Å². The summed E-state index contributed by atoms with van der Waals surface area (Å²) >= 11 is 0. The van der Waals surface area contributed by atoms with Crippen molar-refractivity contribution in [3.8, 4) is 11.5 Å². The Morgan fingerprint density at radius 2 is 1.53 bits per heavy atom. The van der Waals surface area contributed by atoms with Crippen LogP contribution in [0.1, 0.15) is 43.7 Å². The number of rotatable bonds is 17. The number of unbranched alkanes of at least 4 members (excludes halogenated alkanes) is 1. The van der Waals surface area contributed by atoms with Crippen LogP contribution in [-0.2, 0) is 32.6 Å². The monoisotopic (exact) mass is 609 g/mol. The number of carbonyl (C=O) groups is 2. The van der Waals surface area contributed by atoms with E-state index in [1.54, 1.807) is 43.4 Å². The van der Waals surface area contributed by atoms with Crippen molar-refractivity contribution in [1.82, 2.24) is 10.2 Å². The van der Waals surface area contributed by atoms with Gasteiger partial charge in [-0.15, -0.1) is 0 Å². The van der Waals surface area contributed by atoms with E-state index in [-0.39, 0.29) is 37.7 Å². The Kier molecular flexibility index (Phi) is 12.9. The van der Waals surface area contributed by atoms with E-state index in [0.717, 1.165) is 30.2 Å². The Hall–Kier alpha value is -4.05. The van der Waals surface area contributed by atoms with Gasteiger partial charge >= 0.3 is 0 Å². The largest absolute Gasteiger partial charge is 0.497 e. The molecule has 0 fully saturated rings. The summed E-state index contributed by atoms with van der Waals surface area (Å²) < 4.78 is 37.2. The molecule has 1 atom stereocenters. The minimum absolute atomic E-state index is 0.0552. The highest BCUT2D eigenvalue weighted by Crippen LogP contribution is 2.23. The lowest BCUT2D eigenvalue weighted by atomic mass is 10.0. The molecule has 0 saturated carbocycles. The van der Waals surface area contributed by atoms with E-state index < -0.39 is 16.1 Å². The Morgan fingerprint density at radius 1 is 0.860 bits per heavy atom. The van der Waals surface area contributed by atoms with E-state index >= 15 is 0 Å². The van der Waals surface area contributed by atoms with Crippen molar-refractivity contribution in [3.63, 3.8) is 0 Å². The molecule has 1 unspecified atom stereocenters. The number of nitrogens with zero attached hydrogens (tertiary/aromatic N) is 2. The molecule has 3 aromatic rings. The van der Waals surface area contributed by atoms with Crippen molar-refractivity contribution in [1.29, 1.82) is 0 Å². The summed E-state index contributed by atoms with van der Waals surface area (Å²) in [7, 11) is -0.482. The number of amides is 2. The van der Waals surface area contributed by atoms with Gasteiger partial charge in [-0.05, 0) is 60.4 Å². The van der Waals surface area contributed by atoms with Crippen LogP contribution in [0, 0.1) is 0 Å². The Morgan fingerprint density at radius 3 is 2.16 bits per heavy atom. The van der Waals surface area contributed by atoms with Crippen molar-refractivity contribution < 1.29 is 27.5 Å². The van der Waals surface area contributed by atoms with Crippen molar-refractivity contribution in [2.45, 2.75) is 51.6 Å². The predicted octanol–water partition coefficient (Wildman–Crippen LogP) is 4.81. The number of nitrogens with one attached hydrogen (secondary N) is 1. The zero-order chi connectivity index (χ0) is 31.2. The van der Waals surface area contributed by atoms with E-state index in [1.165, 1.54) is 4.31 Å². The Balaban J connectivity index is 1.88. The molecule has 1 N–H and O–H groups in total. The summed E-state index contributed by atoms with van der Waals surface area (Å²) in [4.78, 5) is 29.2. The van der Waals surface area contributed by atoms with Gasteiger partial charge in [-0.1, -0.05) is 55.8 Å². The summed E-state index contributed by atoms with van der Waals surface area (Å²) in [5, 5.41) is 3.02. The molecule has 43 heavy (non-hydrogen) atoms. The number of sulfonamides is 1. The molecule has 0 aliphatic carbocycles. The van der Waals surface area contributed by atoms with Gasteiger partial charge in [0.1, 0.15) is 17.5 Å². The van der Waals surface area contributed by atoms with Crippen molar-refractivity contribution >= 4 is 27.5 Å². The van der Waals surface area contributed by atoms with Gasteiger partial charge in [0, 0.05) is 32.5 Å². The SMILES string of the molecule is CCCCNC(=O)C(Cc1ccccc1)N(Cc1cccc(OC)c1)C(=O)CCCN(c1ccc(OC)cc1)S(C)(=O)=O. The van der Waals surface area contributed by atoms with Gasteiger partial charge in [0.05, 0.1) is 26.2 Å². The standard InChI is InChI=1S/C33H43N3O6S/c1-5-6-21-34-33(38)31(24-26-12-8-7-9-13-26)35(25-27-14-10-15-30(23-27)42-3)32(37)16-11-22-36(43(4,39)40)28-17-19-29(41-2)20-18-28/h7-10,12-15,17-20,23,31H,5-6,11,16,21-22,24-25H2,1-4H3,(H,34,38). The third-order valence-corrected chi connectivity index (χ3v) is 8.29. The lowest BCUT2D eigenvalue weighted by Gasteiger charge is -2.32. The minimum atomic E-state index is -3.61. The molecular weight excluding hydrogens is 566 g/mol. The number of ether oxygens (including phenoxy) is 2. The fourth-order valence-corrected chi connectivity index (χ4v) is 5.75. The molecule has 9 nitrogen and oxygen atoms in total. The third-order valence-electron chi connectivity index (χ3n) is 7.10. The molecule has 0 radical (unpaired) electrons. The maximum Gasteiger partial charge on any atom is 0.243 e. The Labute approximate surface area is 255 Å². The van der Waals surface area contributed by atoms with Crippen LogP contribution >= 0.6 is 0 Å². The number of carbonyl (C=O) groups excluding carboxylic acids is 2. The quantitative estimate of drug-likeness (QED) is 0.220. The lowest BCUT2D eigenvalue weighted by molar-refractivity contribution is -0.141. The van der Waals surface area contributed by atoms with E-state index in [2.05, 4.69) is 12.2 Å². The number of hydrogen-bond acceptors (Lipinski definition) is 6. The van der Waals surface area contributed by atoms with E-state index in [4.69, 9.17) is 9.47 Å². The van der Waals surface area contributed by atoms with Crippen LogP contribution in [0.2, 0.25) is 0 Å². The van der Waals surface area contributed by atoms with Gasteiger partial charge in [-0.2, -0.15) is 0 Å². The zero-order valence-electron chi connectivity index (χ0n) is 25.5. The van der Waals surface area contributed by atoms with Crippen LogP contribution in [0.4, 0.5) is 5.69 Å². The summed E-state index contributed by atoms with van der Waals surface area (Å²) in [6.45, 7) is 2.88.